The SMILES string of the molecule is COC[C@@H](C)NCc1cc(OC)c(OC)cc1[N+](=O)[O-]. The molecule has 7 nitrogen and oxygen atoms in total. The lowest BCUT2D eigenvalue weighted by Crippen LogP contribution is -2.29. The molecule has 0 aliphatic carbocycles. The second kappa shape index (κ2) is 7.66. The average molecular weight is 284 g/mol. The van der Waals surface area contributed by atoms with Gasteiger partial charge in [0.2, 0.25) is 0 Å². The maximum atomic E-state index is 11.1. The van der Waals surface area contributed by atoms with Gasteiger partial charge < -0.3 is 19.5 Å². The van der Waals surface area contributed by atoms with Crippen LogP contribution in [0, 0.1) is 10.1 Å². The Labute approximate surface area is 118 Å². The highest BCUT2D eigenvalue weighted by atomic mass is 16.6. The van der Waals surface area contributed by atoms with E-state index in [0.717, 1.165) is 0 Å². The van der Waals surface area contributed by atoms with Crippen molar-refractivity contribution in [1.29, 1.82) is 0 Å². The minimum absolute atomic E-state index is 0.000216. The number of hydrogen-bond donors (Lipinski definition) is 1. The highest BCUT2D eigenvalue weighted by Crippen LogP contribution is 2.34. The number of benzene rings is 1. The molecule has 1 N–H and O–H groups in total. The molecule has 112 valence electrons. The van der Waals surface area contributed by atoms with E-state index in [1.54, 1.807) is 13.2 Å². The Morgan fingerprint density at radius 3 is 2.35 bits per heavy atom. The number of hydrogen-bond acceptors (Lipinski definition) is 6. The molecule has 7 heteroatoms. The van der Waals surface area contributed by atoms with Crippen LogP contribution < -0.4 is 14.8 Å². The molecule has 0 saturated carbocycles. The van der Waals surface area contributed by atoms with Gasteiger partial charge in [-0.15, -0.1) is 0 Å². The van der Waals surface area contributed by atoms with Crippen LogP contribution in [0.5, 0.6) is 11.5 Å². The predicted molar refractivity (Wildman–Crippen MR) is 74.4 cm³/mol. The first kappa shape index (κ1) is 16.2. The lowest BCUT2D eigenvalue weighted by Gasteiger charge is -2.14. The van der Waals surface area contributed by atoms with E-state index in [9.17, 15) is 10.1 Å². The van der Waals surface area contributed by atoms with E-state index in [1.807, 2.05) is 6.92 Å². The summed E-state index contributed by atoms with van der Waals surface area (Å²) in [6.45, 7) is 2.82. The standard InChI is InChI=1S/C13H20N2O5/c1-9(8-18-2)14-7-10-5-12(19-3)13(20-4)6-11(10)15(16)17/h5-6,9,14H,7-8H2,1-4H3/t9-/m1/s1. The number of rotatable bonds is 8. The number of nitro benzene ring substituents is 1. The monoisotopic (exact) mass is 284 g/mol. The molecule has 1 aromatic carbocycles. The molecule has 1 atom stereocenters. The fourth-order valence-corrected chi connectivity index (χ4v) is 1.82. The third-order valence-corrected chi connectivity index (χ3v) is 2.84. The fourth-order valence-electron chi connectivity index (χ4n) is 1.82. The number of nitrogens with zero attached hydrogens (tertiary/aromatic N) is 1. The molecule has 0 radical (unpaired) electrons. The maximum Gasteiger partial charge on any atom is 0.277 e. The van der Waals surface area contributed by atoms with Crippen LogP contribution in [0.25, 0.3) is 0 Å². The van der Waals surface area contributed by atoms with Crippen LogP contribution >= 0.6 is 0 Å². The van der Waals surface area contributed by atoms with E-state index in [2.05, 4.69) is 5.32 Å². The van der Waals surface area contributed by atoms with Gasteiger partial charge in [-0.3, -0.25) is 10.1 Å². The average Bonchev–Trinajstić information content (AvgIpc) is 2.44. The van der Waals surface area contributed by atoms with Gasteiger partial charge in [-0.25, -0.2) is 0 Å². The van der Waals surface area contributed by atoms with Gasteiger partial charge in [0.05, 0.1) is 31.8 Å². The Kier molecular flexibility index (Phi) is 6.20. The lowest BCUT2D eigenvalue weighted by atomic mass is 10.1. The minimum Gasteiger partial charge on any atom is -0.493 e. The molecular formula is C13H20N2O5. The molecule has 0 fully saturated rings. The summed E-state index contributed by atoms with van der Waals surface area (Å²) in [7, 11) is 4.55. The van der Waals surface area contributed by atoms with Gasteiger partial charge in [0.1, 0.15) is 0 Å². The van der Waals surface area contributed by atoms with Crippen LogP contribution in [0.4, 0.5) is 5.69 Å². The predicted octanol–water partition coefficient (Wildman–Crippen LogP) is 1.74. The largest absolute Gasteiger partial charge is 0.493 e. The summed E-state index contributed by atoms with van der Waals surface area (Å²) in [5.74, 6) is 0.808. The van der Waals surface area contributed by atoms with Crippen molar-refractivity contribution in [3.05, 3.63) is 27.8 Å². The first-order valence-electron chi connectivity index (χ1n) is 6.15. The molecule has 1 rings (SSSR count). The molecule has 0 bridgehead atoms. The molecule has 0 heterocycles. The Morgan fingerprint density at radius 2 is 1.85 bits per heavy atom. The Hall–Kier alpha value is -1.86. The van der Waals surface area contributed by atoms with E-state index in [1.165, 1.54) is 20.3 Å². The van der Waals surface area contributed by atoms with Crippen LogP contribution in [-0.4, -0.2) is 38.9 Å². The zero-order chi connectivity index (χ0) is 15.1. The third kappa shape index (κ3) is 4.07. The summed E-state index contributed by atoms with van der Waals surface area (Å²) >= 11 is 0. The first-order valence-corrected chi connectivity index (χ1v) is 6.15. The van der Waals surface area contributed by atoms with Gasteiger partial charge in [-0.1, -0.05) is 0 Å². The molecular weight excluding hydrogens is 264 g/mol. The number of methoxy groups -OCH3 is 3. The van der Waals surface area contributed by atoms with Gasteiger partial charge in [0.15, 0.2) is 11.5 Å². The molecule has 0 aromatic heterocycles. The topological polar surface area (TPSA) is 82.9 Å². The highest BCUT2D eigenvalue weighted by molar-refractivity contribution is 5.54. The molecule has 0 spiro atoms. The number of ether oxygens (including phenoxy) is 3. The van der Waals surface area contributed by atoms with Crippen LogP contribution in [0.3, 0.4) is 0 Å². The normalized spacial score (nSPS) is 12.0. The van der Waals surface area contributed by atoms with Crippen molar-refractivity contribution in [2.75, 3.05) is 27.9 Å². The molecule has 20 heavy (non-hydrogen) atoms. The zero-order valence-electron chi connectivity index (χ0n) is 12.1. The summed E-state index contributed by atoms with van der Waals surface area (Å²) in [4.78, 5) is 10.7. The second-order valence-corrected chi connectivity index (χ2v) is 4.33. The van der Waals surface area contributed by atoms with Crippen molar-refractivity contribution in [2.45, 2.75) is 19.5 Å². The van der Waals surface area contributed by atoms with E-state index in [-0.39, 0.29) is 11.7 Å². The molecule has 0 amide bonds. The van der Waals surface area contributed by atoms with E-state index in [4.69, 9.17) is 14.2 Å². The number of nitrogens with one attached hydrogen (secondary N) is 1. The van der Waals surface area contributed by atoms with Crippen molar-refractivity contribution < 1.29 is 19.1 Å². The van der Waals surface area contributed by atoms with Gasteiger partial charge in [-0.05, 0) is 13.0 Å². The van der Waals surface area contributed by atoms with E-state index < -0.39 is 4.92 Å². The van der Waals surface area contributed by atoms with Gasteiger partial charge in [-0.2, -0.15) is 0 Å². The quantitative estimate of drug-likeness (QED) is 0.578. The van der Waals surface area contributed by atoms with Crippen LogP contribution in [0.1, 0.15) is 12.5 Å². The van der Waals surface area contributed by atoms with Gasteiger partial charge in [0, 0.05) is 25.3 Å². The molecule has 0 aliphatic heterocycles. The van der Waals surface area contributed by atoms with Crippen LogP contribution in [0.15, 0.2) is 12.1 Å². The summed E-state index contributed by atoms with van der Waals surface area (Å²) in [6.07, 6.45) is 0. The molecule has 1 aromatic rings. The third-order valence-electron chi connectivity index (χ3n) is 2.84. The van der Waals surface area contributed by atoms with Crippen molar-refractivity contribution >= 4 is 5.69 Å². The van der Waals surface area contributed by atoms with Crippen molar-refractivity contribution in [1.82, 2.24) is 5.32 Å². The lowest BCUT2D eigenvalue weighted by molar-refractivity contribution is -0.385. The zero-order valence-corrected chi connectivity index (χ0v) is 12.1. The Balaban J connectivity index is 3.00. The maximum absolute atomic E-state index is 11.1. The first-order chi connectivity index (χ1) is 9.53. The smallest absolute Gasteiger partial charge is 0.277 e. The van der Waals surface area contributed by atoms with Gasteiger partial charge >= 0.3 is 0 Å². The molecule has 0 aliphatic rings. The summed E-state index contributed by atoms with van der Waals surface area (Å²) in [5, 5.41) is 14.3. The van der Waals surface area contributed by atoms with Gasteiger partial charge in [0.25, 0.3) is 5.69 Å². The minimum atomic E-state index is -0.431. The summed E-state index contributed by atoms with van der Waals surface area (Å²) < 4.78 is 15.3. The number of nitro groups is 1. The van der Waals surface area contributed by atoms with E-state index in [0.29, 0.717) is 30.2 Å². The summed E-state index contributed by atoms with van der Waals surface area (Å²) in [5.41, 5.74) is 0.537. The second-order valence-electron chi connectivity index (χ2n) is 4.33. The molecule has 0 unspecified atom stereocenters. The van der Waals surface area contributed by atoms with Crippen molar-refractivity contribution in [3.8, 4) is 11.5 Å². The van der Waals surface area contributed by atoms with Crippen molar-refractivity contribution in [2.24, 2.45) is 0 Å². The fraction of sp³-hybridized carbons (Fsp3) is 0.538. The van der Waals surface area contributed by atoms with Crippen molar-refractivity contribution in [3.63, 3.8) is 0 Å². The van der Waals surface area contributed by atoms with Crippen LogP contribution in [0.2, 0.25) is 0 Å². The summed E-state index contributed by atoms with van der Waals surface area (Å²) in [6, 6.07) is 3.08. The Morgan fingerprint density at radius 1 is 1.25 bits per heavy atom. The van der Waals surface area contributed by atoms with E-state index >= 15 is 0 Å². The molecule has 0 saturated heterocycles. The highest BCUT2D eigenvalue weighted by Gasteiger charge is 2.19. The Bertz CT molecular complexity index is 464. The van der Waals surface area contributed by atoms with Crippen LogP contribution in [-0.2, 0) is 11.3 Å².